The van der Waals surface area contributed by atoms with Gasteiger partial charge in [-0.3, -0.25) is 9.36 Å². The summed E-state index contributed by atoms with van der Waals surface area (Å²) in [5.74, 6) is 0.229. The molecule has 0 amide bonds. The van der Waals surface area contributed by atoms with E-state index in [1.54, 1.807) is 29.7 Å². The van der Waals surface area contributed by atoms with Gasteiger partial charge < -0.3 is 14.6 Å². The first-order valence-corrected chi connectivity index (χ1v) is 15.7. The van der Waals surface area contributed by atoms with Gasteiger partial charge in [0.15, 0.2) is 16.3 Å². The van der Waals surface area contributed by atoms with E-state index in [1.165, 1.54) is 11.3 Å². The number of nitrogens with zero attached hydrogens (tertiary/aromatic N) is 2. The molecule has 4 aromatic rings. The molecule has 0 radical (unpaired) electrons. The molecular weight excluding hydrogens is 663 g/mol. The SMILES string of the molecule is CCOC(=O)C1=C(c2ccccc2)N=c2s/c(=C\c3cc(I)c(O)c(OCC)c3)c(=O)n2[C@@H]1c1ccc(C(C)C)cc1. The van der Waals surface area contributed by atoms with Crippen LogP contribution >= 0.6 is 33.9 Å². The first-order valence-electron chi connectivity index (χ1n) is 13.8. The summed E-state index contributed by atoms with van der Waals surface area (Å²) in [5, 5.41) is 10.4. The molecule has 0 aliphatic carbocycles. The zero-order valence-corrected chi connectivity index (χ0v) is 26.7. The lowest BCUT2D eigenvalue weighted by Gasteiger charge is -2.26. The lowest BCUT2D eigenvalue weighted by Crippen LogP contribution is -2.40. The second kappa shape index (κ2) is 12.7. The first kappa shape index (κ1) is 29.8. The highest BCUT2D eigenvalue weighted by Gasteiger charge is 2.35. The van der Waals surface area contributed by atoms with Gasteiger partial charge in [0.2, 0.25) is 0 Å². The van der Waals surface area contributed by atoms with Crippen LogP contribution in [0.4, 0.5) is 0 Å². The summed E-state index contributed by atoms with van der Waals surface area (Å²) < 4.78 is 13.8. The van der Waals surface area contributed by atoms with Gasteiger partial charge in [-0.05, 0) is 77.3 Å². The summed E-state index contributed by atoms with van der Waals surface area (Å²) in [6.45, 7) is 8.43. The highest BCUT2D eigenvalue weighted by atomic mass is 127. The smallest absolute Gasteiger partial charge is 0.338 e. The fourth-order valence-electron chi connectivity index (χ4n) is 4.91. The van der Waals surface area contributed by atoms with E-state index in [0.29, 0.717) is 48.0 Å². The van der Waals surface area contributed by atoms with Gasteiger partial charge in [-0.15, -0.1) is 0 Å². The number of aromatic nitrogens is 1. The van der Waals surface area contributed by atoms with Crippen molar-refractivity contribution in [2.24, 2.45) is 4.99 Å². The maximum absolute atomic E-state index is 14.1. The molecule has 5 rings (SSSR count). The Hall–Kier alpha value is -3.70. The standard InChI is InChI=1S/C33H31IN2O5S/c1-5-40-25-17-20(16-24(34)30(25)37)18-26-31(38)36-29(23-14-12-21(13-15-23)19(3)4)27(32(39)41-6-2)28(35-33(36)42-26)22-10-8-7-9-11-22/h7-19,29,37H,5-6H2,1-4H3/b26-18-/t29-/m1/s1. The van der Waals surface area contributed by atoms with Crippen LogP contribution in [0.3, 0.4) is 0 Å². The molecule has 216 valence electrons. The third kappa shape index (κ3) is 5.80. The number of carbonyl (C=O) groups excluding carboxylic acids is 1. The molecule has 0 fully saturated rings. The van der Waals surface area contributed by atoms with Crippen LogP contribution in [0.15, 0.2) is 82.1 Å². The Labute approximate surface area is 261 Å². The summed E-state index contributed by atoms with van der Waals surface area (Å²) in [6.07, 6.45) is 1.77. The van der Waals surface area contributed by atoms with Gasteiger partial charge in [0.25, 0.3) is 5.56 Å². The summed E-state index contributed by atoms with van der Waals surface area (Å²) in [5.41, 5.74) is 3.94. The minimum atomic E-state index is -0.738. The quantitative estimate of drug-likeness (QED) is 0.187. The molecule has 0 saturated heterocycles. The third-order valence-electron chi connectivity index (χ3n) is 6.94. The van der Waals surface area contributed by atoms with E-state index < -0.39 is 12.0 Å². The average molecular weight is 695 g/mol. The van der Waals surface area contributed by atoms with E-state index >= 15 is 0 Å². The summed E-state index contributed by atoms with van der Waals surface area (Å²) in [4.78, 5) is 33.1. The number of thiazole rings is 1. The molecule has 1 N–H and O–H groups in total. The van der Waals surface area contributed by atoms with Crippen molar-refractivity contribution < 1.29 is 19.4 Å². The van der Waals surface area contributed by atoms with E-state index in [4.69, 9.17) is 14.5 Å². The predicted molar refractivity (Wildman–Crippen MR) is 174 cm³/mol. The molecular formula is C33H31IN2O5S. The molecule has 1 aliphatic heterocycles. The number of esters is 1. The lowest BCUT2D eigenvalue weighted by atomic mass is 9.91. The highest BCUT2D eigenvalue weighted by Crippen LogP contribution is 2.36. The monoisotopic (exact) mass is 694 g/mol. The Morgan fingerprint density at radius 2 is 1.81 bits per heavy atom. The summed E-state index contributed by atoms with van der Waals surface area (Å²) >= 11 is 3.30. The fraction of sp³-hybridized carbons (Fsp3) is 0.242. The Balaban J connectivity index is 1.79. The van der Waals surface area contributed by atoms with E-state index in [1.807, 2.05) is 84.1 Å². The predicted octanol–water partition coefficient (Wildman–Crippen LogP) is 5.77. The fourth-order valence-corrected chi connectivity index (χ4v) is 6.54. The van der Waals surface area contributed by atoms with Crippen LogP contribution in [0.5, 0.6) is 11.5 Å². The van der Waals surface area contributed by atoms with E-state index in [0.717, 1.165) is 16.7 Å². The van der Waals surface area contributed by atoms with Crippen LogP contribution in [0.2, 0.25) is 0 Å². The van der Waals surface area contributed by atoms with E-state index in [-0.39, 0.29) is 17.9 Å². The first-order chi connectivity index (χ1) is 20.2. The Morgan fingerprint density at radius 1 is 1.10 bits per heavy atom. The molecule has 0 saturated carbocycles. The van der Waals surface area contributed by atoms with Crippen LogP contribution in [-0.2, 0) is 9.53 Å². The van der Waals surface area contributed by atoms with Crippen molar-refractivity contribution in [1.29, 1.82) is 0 Å². The van der Waals surface area contributed by atoms with Gasteiger partial charge in [-0.2, -0.15) is 0 Å². The van der Waals surface area contributed by atoms with Crippen molar-refractivity contribution in [2.45, 2.75) is 39.7 Å². The van der Waals surface area contributed by atoms with Gasteiger partial charge in [-0.25, -0.2) is 9.79 Å². The Kier molecular flexibility index (Phi) is 8.98. The largest absolute Gasteiger partial charge is 0.504 e. The third-order valence-corrected chi connectivity index (χ3v) is 8.75. The maximum atomic E-state index is 14.1. The van der Waals surface area contributed by atoms with Crippen molar-refractivity contribution in [3.8, 4) is 11.5 Å². The molecule has 3 aromatic carbocycles. The number of rotatable bonds is 8. The number of carbonyl (C=O) groups is 1. The van der Waals surface area contributed by atoms with Crippen LogP contribution < -0.4 is 19.6 Å². The van der Waals surface area contributed by atoms with Crippen LogP contribution in [0.1, 0.15) is 61.9 Å². The molecule has 1 aliphatic rings. The zero-order valence-electron chi connectivity index (χ0n) is 23.8. The van der Waals surface area contributed by atoms with Crippen molar-refractivity contribution >= 4 is 51.7 Å². The van der Waals surface area contributed by atoms with Crippen molar-refractivity contribution in [3.63, 3.8) is 0 Å². The number of fused-ring (bicyclic) bond motifs is 1. The molecule has 0 spiro atoms. The molecule has 42 heavy (non-hydrogen) atoms. The van der Waals surface area contributed by atoms with Crippen molar-refractivity contribution in [3.05, 3.63) is 118 Å². The highest BCUT2D eigenvalue weighted by molar-refractivity contribution is 14.1. The molecule has 0 unspecified atom stereocenters. The van der Waals surface area contributed by atoms with Crippen LogP contribution in [0.25, 0.3) is 11.8 Å². The minimum absolute atomic E-state index is 0.0625. The molecule has 1 aromatic heterocycles. The molecule has 2 heterocycles. The molecule has 7 nitrogen and oxygen atoms in total. The number of benzene rings is 3. The number of ether oxygens (including phenoxy) is 2. The Morgan fingerprint density at radius 3 is 2.45 bits per heavy atom. The second-order valence-electron chi connectivity index (χ2n) is 10.0. The number of aromatic hydroxyl groups is 1. The zero-order chi connectivity index (χ0) is 30.0. The maximum Gasteiger partial charge on any atom is 0.338 e. The summed E-state index contributed by atoms with van der Waals surface area (Å²) in [7, 11) is 0. The lowest BCUT2D eigenvalue weighted by molar-refractivity contribution is -0.138. The van der Waals surface area contributed by atoms with Crippen LogP contribution in [0, 0.1) is 3.57 Å². The average Bonchev–Trinajstić information content (AvgIpc) is 3.29. The van der Waals surface area contributed by atoms with Gasteiger partial charge in [0, 0.05) is 5.56 Å². The van der Waals surface area contributed by atoms with E-state index in [9.17, 15) is 14.7 Å². The number of phenolic OH excluding ortho intramolecular Hbond substituents is 1. The molecule has 9 heteroatoms. The number of halogens is 1. The number of hydrogen-bond acceptors (Lipinski definition) is 7. The van der Waals surface area contributed by atoms with Gasteiger partial charge in [0.1, 0.15) is 0 Å². The van der Waals surface area contributed by atoms with Gasteiger partial charge >= 0.3 is 5.97 Å². The summed E-state index contributed by atoms with van der Waals surface area (Å²) in [6, 6.07) is 20.3. The van der Waals surface area contributed by atoms with Crippen molar-refractivity contribution in [1.82, 2.24) is 4.57 Å². The molecule has 0 bridgehead atoms. The Bertz CT molecular complexity index is 1840. The minimum Gasteiger partial charge on any atom is -0.504 e. The molecule has 1 atom stereocenters. The van der Waals surface area contributed by atoms with Gasteiger partial charge in [0.05, 0.1) is 38.6 Å². The normalized spacial score (nSPS) is 15.0. The second-order valence-corrected chi connectivity index (χ2v) is 12.2. The number of phenols is 1. The number of hydrogen-bond donors (Lipinski definition) is 1. The van der Waals surface area contributed by atoms with Crippen LogP contribution in [-0.4, -0.2) is 28.9 Å². The van der Waals surface area contributed by atoms with Gasteiger partial charge in [-0.1, -0.05) is 79.8 Å². The van der Waals surface area contributed by atoms with E-state index in [2.05, 4.69) is 13.8 Å². The van der Waals surface area contributed by atoms with Crippen molar-refractivity contribution in [2.75, 3.05) is 13.2 Å². The topological polar surface area (TPSA) is 90.1 Å².